The standard InChI is InChI=1S/C17H20N2O3/c1-17(2,3)22-16(21)19-14-11-7-10-13(18-14)15(20)12-8-5-4-6-9-12/h4-11,15,20H,1-3H3,(H,18,19,21)/t15-/m1/s1. The van der Waals surface area contributed by atoms with Gasteiger partial charge in [-0.05, 0) is 38.5 Å². The van der Waals surface area contributed by atoms with Crippen molar-refractivity contribution < 1.29 is 14.6 Å². The second-order valence-corrected chi connectivity index (χ2v) is 5.89. The first-order valence-electron chi connectivity index (χ1n) is 7.05. The van der Waals surface area contributed by atoms with Gasteiger partial charge in [0.2, 0.25) is 0 Å². The first-order chi connectivity index (χ1) is 10.3. The Kier molecular flexibility index (Phi) is 4.78. The van der Waals surface area contributed by atoms with Gasteiger partial charge in [-0.25, -0.2) is 9.78 Å². The number of carbonyl (C=O) groups excluding carboxylic acids is 1. The van der Waals surface area contributed by atoms with Crippen LogP contribution in [0.2, 0.25) is 0 Å². The van der Waals surface area contributed by atoms with Crippen molar-refractivity contribution in [2.75, 3.05) is 5.32 Å². The van der Waals surface area contributed by atoms with Crippen LogP contribution in [0.4, 0.5) is 10.6 Å². The molecule has 1 aromatic heterocycles. The SMILES string of the molecule is CC(C)(C)OC(=O)Nc1cccc([C@H](O)c2ccccc2)n1. The molecule has 1 atom stereocenters. The molecule has 1 amide bonds. The molecule has 5 heteroatoms. The Morgan fingerprint density at radius 1 is 1.14 bits per heavy atom. The lowest BCUT2D eigenvalue weighted by Gasteiger charge is -2.19. The van der Waals surface area contributed by atoms with Crippen molar-refractivity contribution in [2.45, 2.75) is 32.5 Å². The van der Waals surface area contributed by atoms with E-state index in [1.807, 2.05) is 30.3 Å². The minimum atomic E-state index is -0.846. The molecule has 0 spiro atoms. The van der Waals surface area contributed by atoms with Gasteiger partial charge in [-0.3, -0.25) is 5.32 Å². The zero-order valence-electron chi connectivity index (χ0n) is 12.9. The number of rotatable bonds is 3. The summed E-state index contributed by atoms with van der Waals surface area (Å²) < 4.78 is 5.17. The van der Waals surface area contributed by atoms with Crippen molar-refractivity contribution in [3.8, 4) is 0 Å². The van der Waals surface area contributed by atoms with Gasteiger partial charge in [0.25, 0.3) is 0 Å². The quantitative estimate of drug-likeness (QED) is 0.910. The van der Waals surface area contributed by atoms with E-state index in [0.29, 0.717) is 11.5 Å². The number of aromatic nitrogens is 1. The lowest BCUT2D eigenvalue weighted by Crippen LogP contribution is -2.27. The largest absolute Gasteiger partial charge is 0.444 e. The molecule has 0 fully saturated rings. The maximum atomic E-state index is 11.7. The van der Waals surface area contributed by atoms with Crippen molar-refractivity contribution in [1.82, 2.24) is 4.98 Å². The number of nitrogens with zero attached hydrogens (tertiary/aromatic N) is 1. The highest BCUT2D eigenvalue weighted by atomic mass is 16.6. The Morgan fingerprint density at radius 2 is 1.82 bits per heavy atom. The number of nitrogens with one attached hydrogen (secondary N) is 1. The Morgan fingerprint density at radius 3 is 2.45 bits per heavy atom. The molecule has 116 valence electrons. The third kappa shape index (κ3) is 4.56. The maximum Gasteiger partial charge on any atom is 0.413 e. The van der Waals surface area contributed by atoms with Crippen LogP contribution in [0.5, 0.6) is 0 Å². The van der Waals surface area contributed by atoms with Crippen molar-refractivity contribution in [3.05, 3.63) is 59.8 Å². The van der Waals surface area contributed by atoms with E-state index < -0.39 is 17.8 Å². The summed E-state index contributed by atoms with van der Waals surface area (Å²) in [4.78, 5) is 16.0. The fourth-order valence-electron chi connectivity index (χ4n) is 1.89. The number of carbonyl (C=O) groups is 1. The molecule has 2 N–H and O–H groups in total. The molecule has 5 nitrogen and oxygen atoms in total. The van der Waals surface area contributed by atoms with Crippen LogP contribution in [0.3, 0.4) is 0 Å². The molecular formula is C17H20N2O3. The van der Waals surface area contributed by atoms with Crippen LogP contribution in [-0.2, 0) is 4.74 Å². The molecular weight excluding hydrogens is 280 g/mol. The van der Waals surface area contributed by atoms with Crippen LogP contribution in [0.1, 0.15) is 38.1 Å². The minimum Gasteiger partial charge on any atom is -0.444 e. The van der Waals surface area contributed by atoms with Gasteiger partial charge in [-0.2, -0.15) is 0 Å². The molecule has 1 aromatic carbocycles. The van der Waals surface area contributed by atoms with E-state index in [2.05, 4.69) is 10.3 Å². The number of hydrogen-bond donors (Lipinski definition) is 2. The summed E-state index contributed by atoms with van der Waals surface area (Å²) in [7, 11) is 0. The first-order valence-corrected chi connectivity index (χ1v) is 7.05. The third-order valence-electron chi connectivity index (χ3n) is 2.80. The number of aliphatic hydroxyl groups is 1. The van der Waals surface area contributed by atoms with Crippen LogP contribution >= 0.6 is 0 Å². The summed E-state index contributed by atoms with van der Waals surface area (Å²) in [5.41, 5.74) is 0.620. The second kappa shape index (κ2) is 6.58. The van der Waals surface area contributed by atoms with E-state index in [1.54, 1.807) is 39.0 Å². The maximum absolute atomic E-state index is 11.7. The highest BCUT2D eigenvalue weighted by Gasteiger charge is 2.17. The summed E-state index contributed by atoms with van der Waals surface area (Å²) in [6.45, 7) is 5.36. The monoisotopic (exact) mass is 300 g/mol. The molecule has 0 aliphatic carbocycles. The lowest BCUT2D eigenvalue weighted by atomic mass is 10.1. The highest BCUT2D eigenvalue weighted by Crippen LogP contribution is 2.21. The van der Waals surface area contributed by atoms with Crippen LogP contribution in [-0.4, -0.2) is 21.8 Å². The predicted molar refractivity (Wildman–Crippen MR) is 84.6 cm³/mol. The first kappa shape index (κ1) is 16.0. The summed E-state index contributed by atoms with van der Waals surface area (Å²) in [5, 5.41) is 12.9. The smallest absolute Gasteiger partial charge is 0.413 e. The fraction of sp³-hybridized carbons (Fsp3) is 0.294. The zero-order valence-corrected chi connectivity index (χ0v) is 12.9. The molecule has 0 aliphatic rings. The van der Waals surface area contributed by atoms with Crippen molar-refractivity contribution in [1.29, 1.82) is 0 Å². The molecule has 2 rings (SSSR count). The molecule has 1 heterocycles. The number of amides is 1. The number of anilines is 1. The van der Waals surface area contributed by atoms with Crippen molar-refractivity contribution in [3.63, 3.8) is 0 Å². The number of pyridine rings is 1. The molecule has 0 aliphatic heterocycles. The molecule has 0 unspecified atom stereocenters. The van der Waals surface area contributed by atoms with Gasteiger partial charge in [-0.1, -0.05) is 36.4 Å². The summed E-state index contributed by atoms with van der Waals surface area (Å²) in [6, 6.07) is 14.3. The number of benzene rings is 1. The van der Waals surface area contributed by atoms with Crippen molar-refractivity contribution >= 4 is 11.9 Å². The molecule has 0 saturated heterocycles. The summed E-state index contributed by atoms with van der Waals surface area (Å²) in [6.07, 6.45) is -1.42. The van der Waals surface area contributed by atoms with E-state index in [9.17, 15) is 9.90 Å². The highest BCUT2D eigenvalue weighted by molar-refractivity contribution is 5.83. The van der Waals surface area contributed by atoms with Gasteiger partial charge in [0.05, 0.1) is 5.69 Å². The van der Waals surface area contributed by atoms with Gasteiger partial charge in [0, 0.05) is 0 Å². The zero-order chi connectivity index (χ0) is 16.2. The fourth-order valence-corrected chi connectivity index (χ4v) is 1.89. The van der Waals surface area contributed by atoms with Crippen LogP contribution in [0.25, 0.3) is 0 Å². The van der Waals surface area contributed by atoms with E-state index in [-0.39, 0.29) is 0 Å². The Hall–Kier alpha value is -2.40. The van der Waals surface area contributed by atoms with E-state index in [0.717, 1.165) is 5.56 Å². The van der Waals surface area contributed by atoms with Gasteiger partial charge in [-0.15, -0.1) is 0 Å². The summed E-state index contributed by atoms with van der Waals surface area (Å²) >= 11 is 0. The lowest BCUT2D eigenvalue weighted by molar-refractivity contribution is 0.0635. The van der Waals surface area contributed by atoms with Gasteiger partial charge >= 0.3 is 6.09 Å². The average Bonchev–Trinajstić information content (AvgIpc) is 2.45. The third-order valence-corrected chi connectivity index (χ3v) is 2.80. The Labute approximate surface area is 130 Å². The van der Waals surface area contributed by atoms with Gasteiger partial charge < -0.3 is 9.84 Å². The normalized spacial score (nSPS) is 12.5. The second-order valence-electron chi connectivity index (χ2n) is 5.89. The topological polar surface area (TPSA) is 71.5 Å². The number of aliphatic hydroxyl groups excluding tert-OH is 1. The van der Waals surface area contributed by atoms with E-state index in [1.165, 1.54) is 0 Å². The Balaban J connectivity index is 2.12. The molecule has 0 bridgehead atoms. The molecule has 22 heavy (non-hydrogen) atoms. The van der Waals surface area contributed by atoms with Crippen LogP contribution in [0, 0.1) is 0 Å². The summed E-state index contributed by atoms with van der Waals surface area (Å²) in [5.74, 6) is 0.335. The number of hydrogen-bond acceptors (Lipinski definition) is 4. The van der Waals surface area contributed by atoms with Crippen LogP contribution < -0.4 is 5.32 Å². The van der Waals surface area contributed by atoms with Crippen LogP contribution in [0.15, 0.2) is 48.5 Å². The molecule has 2 aromatic rings. The minimum absolute atomic E-state index is 0.335. The van der Waals surface area contributed by atoms with Gasteiger partial charge in [0.15, 0.2) is 0 Å². The van der Waals surface area contributed by atoms with E-state index in [4.69, 9.17) is 4.74 Å². The van der Waals surface area contributed by atoms with Gasteiger partial charge in [0.1, 0.15) is 17.5 Å². The molecule has 0 saturated carbocycles. The predicted octanol–water partition coefficient (Wildman–Crippen LogP) is 3.51. The molecule has 0 radical (unpaired) electrons. The van der Waals surface area contributed by atoms with Crippen molar-refractivity contribution in [2.24, 2.45) is 0 Å². The average molecular weight is 300 g/mol. The van der Waals surface area contributed by atoms with E-state index >= 15 is 0 Å². The number of ether oxygens (including phenoxy) is 1. The Bertz CT molecular complexity index is 636.